The summed E-state index contributed by atoms with van der Waals surface area (Å²) in [6.07, 6.45) is 1.56. The summed E-state index contributed by atoms with van der Waals surface area (Å²) in [6, 6.07) is 20.1. The second kappa shape index (κ2) is 8.99. The summed E-state index contributed by atoms with van der Waals surface area (Å²) in [5.74, 6) is 0.0979. The van der Waals surface area contributed by atoms with Crippen LogP contribution < -0.4 is 0 Å². The number of phosphoric acid groups is 1. The lowest BCUT2D eigenvalue weighted by Crippen LogP contribution is -2.15. The standard InChI is InChI=1S/C18H23O4P/c1-2-21-23(19,20)22-15-18(13-16-9-5-3-6-10-16)14-17-11-7-4-8-12-17/h3-12,18H,2,13-15H2,1H3,(H,19,20). The van der Waals surface area contributed by atoms with Gasteiger partial charge in [0.2, 0.25) is 0 Å². The van der Waals surface area contributed by atoms with Gasteiger partial charge in [0.15, 0.2) is 0 Å². The molecule has 0 spiro atoms. The minimum Gasteiger partial charge on any atom is -0.302 e. The topological polar surface area (TPSA) is 55.8 Å². The SMILES string of the molecule is CCOP(=O)(O)OCC(Cc1ccccc1)Cc1ccccc1. The van der Waals surface area contributed by atoms with Crippen LogP contribution in [0.4, 0.5) is 0 Å². The minimum absolute atomic E-state index is 0.0979. The van der Waals surface area contributed by atoms with Crippen molar-refractivity contribution in [3.05, 3.63) is 71.8 Å². The Balaban J connectivity index is 2.03. The summed E-state index contributed by atoms with van der Waals surface area (Å²) < 4.78 is 21.7. The molecule has 0 aliphatic heterocycles. The van der Waals surface area contributed by atoms with Crippen molar-refractivity contribution in [3.8, 4) is 0 Å². The van der Waals surface area contributed by atoms with Crippen molar-refractivity contribution in [3.63, 3.8) is 0 Å². The summed E-state index contributed by atoms with van der Waals surface area (Å²) in [6.45, 7) is 1.99. The Hall–Kier alpha value is -1.45. The molecular formula is C18H23O4P. The van der Waals surface area contributed by atoms with E-state index in [1.54, 1.807) is 6.92 Å². The average Bonchev–Trinajstić information content (AvgIpc) is 2.55. The normalized spacial score (nSPS) is 13.9. The molecule has 0 aliphatic rings. The van der Waals surface area contributed by atoms with Crippen LogP contribution in [-0.2, 0) is 26.5 Å². The molecule has 0 aromatic heterocycles. The third-order valence-electron chi connectivity index (χ3n) is 3.50. The zero-order valence-corrected chi connectivity index (χ0v) is 14.2. The molecule has 0 radical (unpaired) electrons. The maximum atomic E-state index is 11.7. The van der Waals surface area contributed by atoms with E-state index in [0.717, 1.165) is 12.8 Å². The van der Waals surface area contributed by atoms with Gasteiger partial charge in [0, 0.05) is 0 Å². The fraction of sp³-hybridized carbons (Fsp3) is 0.333. The van der Waals surface area contributed by atoms with Crippen LogP contribution in [0.1, 0.15) is 18.1 Å². The van der Waals surface area contributed by atoms with Gasteiger partial charge in [0.1, 0.15) is 0 Å². The zero-order valence-electron chi connectivity index (χ0n) is 13.3. The molecule has 0 saturated carbocycles. The van der Waals surface area contributed by atoms with Crippen molar-refractivity contribution in [2.24, 2.45) is 5.92 Å². The van der Waals surface area contributed by atoms with E-state index in [2.05, 4.69) is 24.3 Å². The van der Waals surface area contributed by atoms with Crippen LogP contribution in [-0.4, -0.2) is 18.1 Å². The molecule has 124 valence electrons. The molecule has 0 saturated heterocycles. The van der Waals surface area contributed by atoms with Crippen molar-refractivity contribution in [1.82, 2.24) is 0 Å². The Morgan fingerprint density at radius 3 is 1.83 bits per heavy atom. The van der Waals surface area contributed by atoms with Gasteiger partial charge in [-0.1, -0.05) is 60.7 Å². The Morgan fingerprint density at radius 2 is 1.39 bits per heavy atom. The van der Waals surface area contributed by atoms with Crippen molar-refractivity contribution >= 4 is 7.82 Å². The second-order valence-corrected chi connectivity index (χ2v) is 6.88. The molecule has 0 aliphatic carbocycles. The summed E-state index contributed by atoms with van der Waals surface area (Å²) in [5, 5.41) is 0. The van der Waals surface area contributed by atoms with Crippen molar-refractivity contribution < 1.29 is 18.5 Å². The monoisotopic (exact) mass is 334 g/mol. The highest BCUT2D eigenvalue weighted by Crippen LogP contribution is 2.43. The first-order valence-corrected chi connectivity index (χ1v) is 9.28. The lowest BCUT2D eigenvalue weighted by molar-refractivity contribution is 0.135. The molecule has 0 amide bonds. The molecule has 1 unspecified atom stereocenters. The van der Waals surface area contributed by atoms with Crippen LogP contribution in [0, 0.1) is 5.92 Å². The molecule has 1 atom stereocenters. The van der Waals surface area contributed by atoms with Gasteiger partial charge in [0.05, 0.1) is 13.2 Å². The number of hydrogen-bond donors (Lipinski definition) is 1. The molecule has 2 rings (SSSR count). The van der Waals surface area contributed by atoms with Gasteiger partial charge in [-0.2, -0.15) is 0 Å². The van der Waals surface area contributed by atoms with E-state index in [4.69, 9.17) is 9.05 Å². The predicted octanol–water partition coefficient (Wildman–Crippen LogP) is 4.24. The molecule has 0 heterocycles. The van der Waals surface area contributed by atoms with Crippen LogP contribution >= 0.6 is 7.82 Å². The van der Waals surface area contributed by atoms with Gasteiger partial charge in [-0.05, 0) is 36.8 Å². The van der Waals surface area contributed by atoms with Gasteiger partial charge < -0.3 is 4.89 Å². The van der Waals surface area contributed by atoms with Crippen LogP contribution in [0.15, 0.2) is 60.7 Å². The summed E-state index contributed by atoms with van der Waals surface area (Å²) in [7, 11) is -3.96. The number of benzene rings is 2. The van der Waals surface area contributed by atoms with E-state index in [1.165, 1.54) is 11.1 Å². The van der Waals surface area contributed by atoms with E-state index in [1.807, 2.05) is 36.4 Å². The van der Waals surface area contributed by atoms with Crippen LogP contribution in [0.5, 0.6) is 0 Å². The van der Waals surface area contributed by atoms with E-state index in [9.17, 15) is 9.46 Å². The molecule has 5 heteroatoms. The first-order chi connectivity index (χ1) is 11.1. The predicted molar refractivity (Wildman–Crippen MR) is 91.2 cm³/mol. The molecule has 1 N–H and O–H groups in total. The fourth-order valence-electron chi connectivity index (χ4n) is 2.48. The smallest absolute Gasteiger partial charge is 0.302 e. The number of phosphoric ester groups is 1. The van der Waals surface area contributed by atoms with Gasteiger partial charge in [-0.3, -0.25) is 9.05 Å². The number of hydrogen-bond acceptors (Lipinski definition) is 3. The maximum Gasteiger partial charge on any atom is 0.472 e. The number of rotatable bonds is 9. The Labute approximate surface area is 137 Å². The minimum atomic E-state index is -3.96. The highest BCUT2D eigenvalue weighted by Gasteiger charge is 2.22. The van der Waals surface area contributed by atoms with E-state index < -0.39 is 7.82 Å². The summed E-state index contributed by atoms with van der Waals surface area (Å²) in [4.78, 5) is 9.61. The maximum absolute atomic E-state index is 11.7. The summed E-state index contributed by atoms with van der Waals surface area (Å²) in [5.41, 5.74) is 2.36. The van der Waals surface area contributed by atoms with Crippen molar-refractivity contribution in [2.45, 2.75) is 19.8 Å². The third kappa shape index (κ3) is 6.67. The lowest BCUT2D eigenvalue weighted by Gasteiger charge is -2.19. The van der Waals surface area contributed by atoms with E-state index in [-0.39, 0.29) is 19.1 Å². The third-order valence-corrected chi connectivity index (χ3v) is 4.56. The van der Waals surface area contributed by atoms with E-state index >= 15 is 0 Å². The lowest BCUT2D eigenvalue weighted by atomic mass is 9.93. The fourth-order valence-corrected chi connectivity index (χ4v) is 3.28. The quantitative estimate of drug-likeness (QED) is 0.697. The Bertz CT molecular complexity index is 574. The van der Waals surface area contributed by atoms with Crippen molar-refractivity contribution in [1.29, 1.82) is 0 Å². The van der Waals surface area contributed by atoms with Gasteiger partial charge >= 0.3 is 7.82 Å². The first kappa shape index (κ1) is 17.9. The average molecular weight is 334 g/mol. The molecule has 23 heavy (non-hydrogen) atoms. The molecule has 4 nitrogen and oxygen atoms in total. The second-order valence-electron chi connectivity index (χ2n) is 5.43. The highest BCUT2D eigenvalue weighted by atomic mass is 31.2. The van der Waals surface area contributed by atoms with Crippen molar-refractivity contribution in [2.75, 3.05) is 13.2 Å². The Morgan fingerprint density at radius 1 is 0.913 bits per heavy atom. The van der Waals surface area contributed by atoms with Crippen LogP contribution in [0.25, 0.3) is 0 Å². The molecule has 2 aromatic carbocycles. The Kier molecular flexibility index (Phi) is 7.00. The first-order valence-electron chi connectivity index (χ1n) is 7.79. The van der Waals surface area contributed by atoms with Gasteiger partial charge in [-0.15, -0.1) is 0 Å². The molecule has 0 bridgehead atoms. The highest BCUT2D eigenvalue weighted by molar-refractivity contribution is 7.47. The van der Waals surface area contributed by atoms with Gasteiger partial charge in [-0.25, -0.2) is 4.57 Å². The van der Waals surface area contributed by atoms with Crippen LogP contribution in [0.2, 0.25) is 0 Å². The zero-order chi connectivity index (χ0) is 16.5. The van der Waals surface area contributed by atoms with E-state index in [0.29, 0.717) is 0 Å². The van der Waals surface area contributed by atoms with Crippen LogP contribution in [0.3, 0.4) is 0 Å². The summed E-state index contributed by atoms with van der Waals surface area (Å²) >= 11 is 0. The molecule has 2 aromatic rings. The molecule has 0 fully saturated rings. The van der Waals surface area contributed by atoms with Gasteiger partial charge in [0.25, 0.3) is 0 Å². The largest absolute Gasteiger partial charge is 0.472 e. The molecular weight excluding hydrogens is 311 g/mol.